The number of fused-ring (bicyclic) bond motifs is 2. The van der Waals surface area contributed by atoms with Gasteiger partial charge in [0, 0.05) is 26.2 Å². The number of amides is 2. The average molecular weight is 421 g/mol. The molecule has 6 heteroatoms. The number of carbonyl (C=O) groups excluding carboxylic acids is 2. The molecule has 2 aromatic carbocycles. The second kappa shape index (κ2) is 8.61. The zero-order valence-electron chi connectivity index (χ0n) is 17.7. The summed E-state index contributed by atoms with van der Waals surface area (Å²) in [7, 11) is 0. The molecule has 1 saturated heterocycles. The van der Waals surface area contributed by atoms with Gasteiger partial charge in [-0.25, -0.2) is 0 Å². The molecule has 2 amide bonds. The number of hydrogen-bond acceptors (Lipinski definition) is 4. The standard InChI is InChI=1S/C25H28N2O4/c28-24(16-18-9-10-19-5-1-2-6-20(19)15-18)26-11-13-27(14-12-26)25(29)23-17-30-21-7-3-4-8-22(21)31-23/h3-4,7-10,15,23H,1-2,5-6,11-14,16-17H2/t23-/m0/s1. The number of nitrogens with zero attached hydrogens (tertiary/aromatic N) is 2. The van der Waals surface area contributed by atoms with E-state index in [0.29, 0.717) is 44.1 Å². The van der Waals surface area contributed by atoms with Gasteiger partial charge in [-0.15, -0.1) is 0 Å². The van der Waals surface area contributed by atoms with Crippen LogP contribution in [-0.4, -0.2) is 60.5 Å². The van der Waals surface area contributed by atoms with Crippen LogP contribution in [-0.2, 0) is 28.9 Å². The average Bonchev–Trinajstić information content (AvgIpc) is 2.83. The smallest absolute Gasteiger partial charge is 0.267 e. The lowest BCUT2D eigenvalue weighted by Gasteiger charge is -2.37. The van der Waals surface area contributed by atoms with Crippen LogP contribution in [0.2, 0.25) is 0 Å². The zero-order chi connectivity index (χ0) is 21.2. The van der Waals surface area contributed by atoms with Gasteiger partial charge in [0.2, 0.25) is 12.0 Å². The molecule has 5 rings (SSSR count). The summed E-state index contributed by atoms with van der Waals surface area (Å²) in [5.41, 5.74) is 3.94. The lowest BCUT2D eigenvalue weighted by atomic mass is 9.90. The molecule has 1 fully saturated rings. The molecule has 1 aliphatic carbocycles. The van der Waals surface area contributed by atoms with Crippen molar-refractivity contribution < 1.29 is 19.1 Å². The summed E-state index contributed by atoms with van der Waals surface area (Å²) < 4.78 is 11.5. The number of benzene rings is 2. The van der Waals surface area contributed by atoms with Gasteiger partial charge in [-0.05, 0) is 54.5 Å². The summed E-state index contributed by atoms with van der Waals surface area (Å²) in [6.45, 7) is 2.37. The Kier molecular flexibility index (Phi) is 5.53. The van der Waals surface area contributed by atoms with Crippen LogP contribution in [0.1, 0.15) is 29.5 Å². The predicted molar refractivity (Wildman–Crippen MR) is 116 cm³/mol. The van der Waals surface area contributed by atoms with Crippen molar-refractivity contribution in [3.05, 3.63) is 59.2 Å². The lowest BCUT2D eigenvalue weighted by Crippen LogP contribution is -2.55. The Morgan fingerprint density at radius 1 is 0.871 bits per heavy atom. The van der Waals surface area contributed by atoms with E-state index in [2.05, 4.69) is 18.2 Å². The van der Waals surface area contributed by atoms with Crippen molar-refractivity contribution in [2.24, 2.45) is 0 Å². The number of piperazine rings is 1. The molecule has 1 atom stereocenters. The molecule has 6 nitrogen and oxygen atoms in total. The molecule has 2 aliphatic heterocycles. The van der Waals surface area contributed by atoms with Gasteiger partial charge >= 0.3 is 0 Å². The van der Waals surface area contributed by atoms with Crippen molar-refractivity contribution in [1.82, 2.24) is 9.80 Å². The van der Waals surface area contributed by atoms with E-state index in [9.17, 15) is 9.59 Å². The number of aryl methyl sites for hydroxylation is 2. The number of hydrogen-bond donors (Lipinski definition) is 0. The summed E-state index contributed by atoms with van der Waals surface area (Å²) in [5.74, 6) is 1.33. The Hall–Kier alpha value is -3.02. The van der Waals surface area contributed by atoms with Gasteiger partial charge in [0.25, 0.3) is 5.91 Å². The van der Waals surface area contributed by atoms with E-state index in [1.54, 1.807) is 4.90 Å². The maximum Gasteiger partial charge on any atom is 0.267 e. The van der Waals surface area contributed by atoms with Crippen LogP contribution in [0.3, 0.4) is 0 Å². The van der Waals surface area contributed by atoms with Crippen LogP contribution < -0.4 is 9.47 Å². The molecule has 0 aromatic heterocycles. The number of rotatable bonds is 3. The van der Waals surface area contributed by atoms with Gasteiger partial charge in [-0.1, -0.05) is 30.3 Å². The van der Waals surface area contributed by atoms with Crippen LogP contribution in [0.4, 0.5) is 0 Å². The summed E-state index contributed by atoms with van der Waals surface area (Å²) in [6.07, 6.45) is 4.57. The van der Waals surface area contributed by atoms with E-state index >= 15 is 0 Å². The topological polar surface area (TPSA) is 59.1 Å². The van der Waals surface area contributed by atoms with Gasteiger partial charge in [-0.2, -0.15) is 0 Å². The third-order valence-electron chi connectivity index (χ3n) is 6.50. The fourth-order valence-corrected chi connectivity index (χ4v) is 4.70. The second-order valence-electron chi connectivity index (χ2n) is 8.56. The maximum absolute atomic E-state index is 12.9. The van der Waals surface area contributed by atoms with E-state index in [1.807, 2.05) is 29.2 Å². The Morgan fingerprint density at radius 3 is 2.39 bits per heavy atom. The minimum Gasteiger partial charge on any atom is -0.485 e. The fourth-order valence-electron chi connectivity index (χ4n) is 4.70. The predicted octanol–water partition coefficient (Wildman–Crippen LogP) is 2.62. The van der Waals surface area contributed by atoms with E-state index in [0.717, 1.165) is 18.4 Å². The summed E-state index contributed by atoms with van der Waals surface area (Å²) in [5, 5.41) is 0. The molecule has 0 unspecified atom stereocenters. The first-order chi connectivity index (χ1) is 15.2. The molecule has 0 radical (unpaired) electrons. The first-order valence-corrected chi connectivity index (χ1v) is 11.2. The van der Waals surface area contributed by atoms with Crippen molar-refractivity contribution in [2.45, 2.75) is 38.2 Å². The van der Waals surface area contributed by atoms with E-state index in [-0.39, 0.29) is 18.4 Å². The molecule has 0 spiro atoms. The van der Waals surface area contributed by atoms with Crippen molar-refractivity contribution in [3.8, 4) is 11.5 Å². The van der Waals surface area contributed by atoms with Crippen LogP contribution in [0.5, 0.6) is 11.5 Å². The van der Waals surface area contributed by atoms with Crippen LogP contribution in [0, 0.1) is 0 Å². The van der Waals surface area contributed by atoms with Crippen molar-refractivity contribution >= 4 is 11.8 Å². The minimum absolute atomic E-state index is 0.0729. The number of ether oxygens (including phenoxy) is 2. The quantitative estimate of drug-likeness (QED) is 0.766. The molecule has 2 aromatic rings. The molecule has 0 saturated carbocycles. The Balaban J connectivity index is 1.14. The molecule has 0 N–H and O–H groups in total. The highest BCUT2D eigenvalue weighted by molar-refractivity contribution is 5.83. The number of carbonyl (C=O) groups is 2. The first-order valence-electron chi connectivity index (χ1n) is 11.2. The fraction of sp³-hybridized carbons (Fsp3) is 0.440. The van der Waals surface area contributed by atoms with Crippen LogP contribution in [0.25, 0.3) is 0 Å². The molecule has 0 bridgehead atoms. The summed E-state index contributed by atoms with van der Waals surface area (Å²) >= 11 is 0. The normalized spacial score (nSPS) is 20.2. The third kappa shape index (κ3) is 4.24. The van der Waals surface area contributed by atoms with Gasteiger partial charge in [0.1, 0.15) is 6.61 Å². The Bertz CT molecular complexity index is 981. The Labute approximate surface area is 182 Å². The van der Waals surface area contributed by atoms with Crippen molar-refractivity contribution in [1.29, 1.82) is 0 Å². The van der Waals surface area contributed by atoms with Crippen molar-refractivity contribution in [2.75, 3.05) is 32.8 Å². The maximum atomic E-state index is 12.9. The van der Waals surface area contributed by atoms with Crippen LogP contribution in [0.15, 0.2) is 42.5 Å². The van der Waals surface area contributed by atoms with Gasteiger partial charge < -0.3 is 19.3 Å². The summed E-state index contributed by atoms with van der Waals surface area (Å²) in [4.78, 5) is 29.4. The second-order valence-corrected chi connectivity index (χ2v) is 8.56. The summed E-state index contributed by atoms with van der Waals surface area (Å²) in [6, 6.07) is 13.9. The minimum atomic E-state index is -0.632. The van der Waals surface area contributed by atoms with Gasteiger partial charge in [-0.3, -0.25) is 9.59 Å². The lowest BCUT2D eigenvalue weighted by molar-refractivity contribution is -0.146. The first kappa shape index (κ1) is 19.9. The van der Waals surface area contributed by atoms with Crippen molar-refractivity contribution in [3.63, 3.8) is 0 Å². The molecule has 3 aliphatic rings. The molecular weight excluding hydrogens is 392 g/mol. The zero-order valence-corrected chi connectivity index (χ0v) is 17.7. The number of para-hydroxylation sites is 2. The van der Waals surface area contributed by atoms with Gasteiger partial charge in [0.05, 0.1) is 6.42 Å². The highest BCUT2D eigenvalue weighted by Crippen LogP contribution is 2.31. The van der Waals surface area contributed by atoms with E-state index in [4.69, 9.17) is 9.47 Å². The van der Waals surface area contributed by atoms with Gasteiger partial charge in [0.15, 0.2) is 11.5 Å². The third-order valence-corrected chi connectivity index (χ3v) is 6.50. The van der Waals surface area contributed by atoms with Crippen LogP contribution >= 0.6 is 0 Å². The SMILES string of the molecule is O=C(Cc1ccc2c(c1)CCCC2)N1CCN(C(=O)[C@@H]2COc3ccccc3O2)CC1. The largest absolute Gasteiger partial charge is 0.485 e. The molecule has 2 heterocycles. The highest BCUT2D eigenvalue weighted by Gasteiger charge is 2.33. The van der Waals surface area contributed by atoms with E-state index in [1.165, 1.54) is 24.0 Å². The molecule has 162 valence electrons. The highest BCUT2D eigenvalue weighted by atomic mass is 16.6. The Morgan fingerprint density at radius 2 is 1.58 bits per heavy atom. The molecule has 31 heavy (non-hydrogen) atoms. The monoisotopic (exact) mass is 420 g/mol. The molecular formula is C25H28N2O4. The van der Waals surface area contributed by atoms with E-state index < -0.39 is 6.10 Å².